The normalized spacial score (nSPS) is 11.8. The molecular formula is C67H87ClN6O4. The van der Waals surface area contributed by atoms with Gasteiger partial charge in [-0.1, -0.05) is 60.7 Å². The summed E-state index contributed by atoms with van der Waals surface area (Å²) in [4.78, 5) is 12.1. The molecule has 0 aromatic heterocycles. The average Bonchev–Trinajstić information content (AvgIpc) is 3.48. The number of nitrogens with zero attached hydrogens (tertiary/aromatic N) is 6. The highest BCUT2D eigenvalue weighted by molar-refractivity contribution is 6.04. The van der Waals surface area contributed by atoms with E-state index in [1.54, 1.807) is 0 Å². The van der Waals surface area contributed by atoms with Crippen LogP contribution in [-0.4, -0.2) is 88.8 Å². The molecule has 0 saturated carbocycles. The largest absolute Gasteiger partial charge is 0.372 e. The highest BCUT2D eigenvalue weighted by Crippen LogP contribution is 2.36. The van der Waals surface area contributed by atoms with Gasteiger partial charge in [-0.2, -0.15) is 0 Å². The Morgan fingerprint density at radius 2 is 0.577 bits per heavy atom. The first-order chi connectivity index (χ1) is 37.6. The average molecular weight is 1080 g/mol. The minimum absolute atomic E-state index is 0.960. The van der Waals surface area contributed by atoms with Crippen molar-refractivity contribution in [3.63, 3.8) is 0 Å². The predicted octanol–water partition coefficient (Wildman–Crippen LogP) is 10.7. The van der Waals surface area contributed by atoms with E-state index in [4.69, 9.17) is 18.6 Å². The fourth-order valence-electron chi connectivity index (χ4n) is 10.3. The molecule has 0 aliphatic heterocycles. The van der Waals surface area contributed by atoms with Crippen LogP contribution in [0.25, 0.3) is 16.7 Å². The van der Waals surface area contributed by atoms with E-state index in [9.17, 15) is 0 Å². The molecule has 11 heteroatoms. The van der Waals surface area contributed by atoms with E-state index in [0.29, 0.717) is 0 Å². The van der Waals surface area contributed by atoms with E-state index in [2.05, 4.69) is 276 Å². The molecule has 78 heavy (non-hydrogen) atoms. The highest BCUT2D eigenvalue weighted by atomic mass is 35.7. The summed E-state index contributed by atoms with van der Waals surface area (Å²) < 4.78 is 36.4. The van der Waals surface area contributed by atoms with Gasteiger partial charge in [-0.25, -0.2) is 23.2 Å². The second-order valence-electron chi connectivity index (χ2n) is 18.9. The van der Waals surface area contributed by atoms with Gasteiger partial charge in [0, 0.05) is 106 Å². The Morgan fingerprint density at radius 3 is 0.795 bits per heavy atom. The lowest BCUT2D eigenvalue weighted by Gasteiger charge is -2.23. The van der Waals surface area contributed by atoms with E-state index in [-0.39, 0.29) is 0 Å². The van der Waals surface area contributed by atoms with Gasteiger partial charge in [0.2, 0.25) is 0 Å². The van der Waals surface area contributed by atoms with Crippen molar-refractivity contribution in [1.82, 2.24) is 0 Å². The van der Waals surface area contributed by atoms with Crippen LogP contribution in [0.4, 0.5) is 28.4 Å². The molecule has 416 valence electrons. The third kappa shape index (κ3) is 17.2. The van der Waals surface area contributed by atoms with Gasteiger partial charge in [-0.3, -0.25) is 0 Å². The molecule has 0 unspecified atom stereocenters. The van der Waals surface area contributed by atoms with Crippen molar-refractivity contribution in [2.75, 3.05) is 103 Å². The molecule has 0 amide bonds. The molecule has 0 heterocycles. The van der Waals surface area contributed by atoms with E-state index in [0.717, 1.165) is 84.1 Å². The minimum atomic E-state index is -4.94. The molecule has 0 saturated heterocycles. The molecule has 0 bridgehead atoms. The molecule has 5 aromatic carbocycles. The first-order valence-electron chi connectivity index (χ1n) is 28.4. The van der Waals surface area contributed by atoms with E-state index < -0.39 is 10.2 Å². The first kappa shape index (κ1) is 62.2. The van der Waals surface area contributed by atoms with Crippen LogP contribution in [0.15, 0.2) is 175 Å². The van der Waals surface area contributed by atoms with Crippen LogP contribution in [-0.2, 0) is 0 Å². The lowest BCUT2D eigenvalue weighted by atomic mass is 9.89. The lowest BCUT2D eigenvalue weighted by molar-refractivity contribution is -2.00. The smallest absolute Gasteiger partial charge is 0.199 e. The topological polar surface area (TPSA) is 111 Å². The molecule has 0 fully saturated rings. The summed E-state index contributed by atoms with van der Waals surface area (Å²) in [5.74, 6) is 0. The predicted molar refractivity (Wildman–Crippen MR) is 324 cm³/mol. The summed E-state index contributed by atoms with van der Waals surface area (Å²) in [5, 5.41) is 0. The van der Waals surface area contributed by atoms with Crippen molar-refractivity contribution in [3.8, 4) is 0 Å². The molecule has 5 aromatic rings. The van der Waals surface area contributed by atoms with Crippen molar-refractivity contribution in [2.45, 2.75) is 83.1 Å². The fourth-order valence-corrected chi connectivity index (χ4v) is 10.3. The quantitative estimate of drug-likeness (QED) is 0.0417. The summed E-state index contributed by atoms with van der Waals surface area (Å²) in [6, 6.07) is 46.2. The maximum atomic E-state index is 8.49. The van der Waals surface area contributed by atoms with Crippen molar-refractivity contribution < 1.29 is 33.5 Å². The maximum Gasteiger partial charge on any atom is 0.199 e. The van der Waals surface area contributed by atoms with Gasteiger partial charge in [0.25, 0.3) is 0 Å². The Hall–Kier alpha value is -6.66. The molecular weight excluding hydrogens is 988 g/mol. The zero-order chi connectivity index (χ0) is 56.8. The van der Waals surface area contributed by atoms with E-state index in [1.807, 2.05) is 0 Å². The van der Waals surface area contributed by atoms with Gasteiger partial charge < -0.3 is 24.5 Å². The number of anilines is 5. The molecule has 0 N–H and O–H groups in total. The van der Waals surface area contributed by atoms with Crippen LogP contribution < -0.4 is 43.1 Å². The zero-order valence-corrected chi connectivity index (χ0v) is 49.5. The van der Waals surface area contributed by atoms with Gasteiger partial charge in [0.05, 0.1) is 0 Å². The van der Waals surface area contributed by atoms with Crippen molar-refractivity contribution in [3.05, 3.63) is 203 Å². The zero-order valence-electron chi connectivity index (χ0n) is 48.8. The standard InChI is InChI=1S/C67H87N6.ClHO4/c1-13-68(14-2)59-37-25-53(26-38-59)65(54-27-39-60(40-28-54)69(15-3)16-4)49-52(50-66(55-29-41-61(42-30-55)70(17-5)18-6)56-31-43-62(44-32-56)71(19-7)20-8)51-67(57-33-45-63(46-34-57)72(21-9)22-10)58-35-47-64(48-36-58)73(23-11)24-12;2-1(3,4)5/h25-51H,13-24H2,1-12H3;(H,2,3,4,5)/q+1;/p-1. The van der Waals surface area contributed by atoms with Crippen molar-refractivity contribution in [2.24, 2.45) is 0 Å². The number of hydrogen-bond donors (Lipinski definition) is 0. The third-order valence-corrected chi connectivity index (χ3v) is 14.8. The molecule has 10 nitrogen and oxygen atoms in total. The SMILES string of the molecule is CCN(CC)c1ccc(C(=CC(=CC(=C2C=CC(=[N+](CC)CC)C=C2)c2ccc(N(CC)CC)cc2)C=C(c2ccc(N(CC)CC)cc2)c2ccc(N(CC)CC)cc2)c2ccc(N(CC)CC)cc2)cc1.[O-][Cl+3]([O-])([O-])[O-]. The van der Waals surface area contributed by atoms with Gasteiger partial charge in [-0.05, 0) is 230 Å². The van der Waals surface area contributed by atoms with Gasteiger partial charge in [0.15, 0.2) is 5.71 Å². The Balaban J connectivity index is 0.00000214. The highest BCUT2D eigenvalue weighted by Gasteiger charge is 2.17. The Labute approximate surface area is 471 Å². The molecule has 1 aliphatic rings. The third-order valence-electron chi connectivity index (χ3n) is 14.8. The summed E-state index contributed by atoms with van der Waals surface area (Å²) in [6.07, 6.45) is 16.6. The second-order valence-corrected chi connectivity index (χ2v) is 19.6. The van der Waals surface area contributed by atoms with Crippen LogP contribution >= 0.6 is 0 Å². The number of rotatable bonds is 25. The van der Waals surface area contributed by atoms with Crippen LogP contribution in [0.2, 0.25) is 0 Å². The number of hydrogen-bond acceptors (Lipinski definition) is 9. The molecule has 1 aliphatic carbocycles. The van der Waals surface area contributed by atoms with Gasteiger partial charge >= 0.3 is 0 Å². The van der Waals surface area contributed by atoms with Crippen LogP contribution in [0, 0.1) is 10.2 Å². The summed E-state index contributed by atoms with van der Waals surface area (Å²) in [5.41, 5.74) is 19.1. The number of halogens is 1. The van der Waals surface area contributed by atoms with Gasteiger partial charge in [0.1, 0.15) is 13.1 Å². The Bertz CT molecular complexity index is 2570. The van der Waals surface area contributed by atoms with Crippen LogP contribution in [0.1, 0.15) is 111 Å². The maximum absolute atomic E-state index is 8.49. The number of allylic oxidation sites excluding steroid dienone is 10. The van der Waals surface area contributed by atoms with Crippen LogP contribution in [0.5, 0.6) is 0 Å². The summed E-state index contributed by atoms with van der Waals surface area (Å²) in [7, 11) is -4.94. The molecule has 6 rings (SSSR count). The Morgan fingerprint density at radius 1 is 0.346 bits per heavy atom. The monoisotopic (exact) mass is 1070 g/mol. The molecule has 0 radical (unpaired) electrons. The van der Waals surface area contributed by atoms with E-state index >= 15 is 0 Å². The summed E-state index contributed by atoms with van der Waals surface area (Å²) >= 11 is 0. The van der Waals surface area contributed by atoms with Crippen LogP contribution in [0.3, 0.4) is 0 Å². The summed E-state index contributed by atoms with van der Waals surface area (Å²) in [6.45, 7) is 38.3. The van der Waals surface area contributed by atoms with Crippen molar-refractivity contribution >= 4 is 50.9 Å². The fraction of sp³-hybridized carbons (Fsp3) is 0.358. The van der Waals surface area contributed by atoms with Gasteiger partial charge in [-0.15, -0.1) is 10.2 Å². The number of benzene rings is 5. The molecule has 0 atom stereocenters. The molecule has 0 spiro atoms. The van der Waals surface area contributed by atoms with E-state index in [1.165, 1.54) is 84.3 Å². The lowest BCUT2D eigenvalue weighted by Crippen LogP contribution is -2.68. The first-order valence-corrected chi connectivity index (χ1v) is 29.6. The Kier molecular flexibility index (Phi) is 24.8. The minimum Gasteiger partial charge on any atom is -0.372 e. The van der Waals surface area contributed by atoms with Crippen molar-refractivity contribution in [1.29, 1.82) is 0 Å². The second kappa shape index (κ2) is 31.1.